The highest BCUT2D eigenvalue weighted by Gasteiger charge is 2.06. The molecular formula is C16H15N3O2. The van der Waals surface area contributed by atoms with Gasteiger partial charge in [-0.05, 0) is 37.3 Å². The van der Waals surface area contributed by atoms with E-state index >= 15 is 0 Å². The first-order valence-electron chi connectivity index (χ1n) is 6.77. The molecule has 3 aromatic rings. The van der Waals surface area contributed by atoms with Crippen LogP contribution < -0.4 is 5.32 Å². The average molecular weight is 281 g/mol. The Balaban J connectivity index is 1.63. The highest BCUT2D eigenvalue weighted by molar-refractivity contribution is 5.92. The van der Waals surface area contributed by atoms with Gasteiger partial charge in [-0.3, -0.25) is 14.8 Å². The number of hydrogen-bond donors (Lipinski definition) is 1. The van der Waals surface area contributed by atoms with Crippen molar-refractivity contribution in [3.8, 4) is 0 Å². The number of aryl methyl sites for hydroxylation is 2. The normalized spacial score (nSPS) is 10.7. The lowest BCUT2D eigenvalue weighted by molar-refractivity contribution is -0.116. The van der Waals surface area contributed by atoms with Crippen LogP contribution in [-0.4, -0.2) is 15.9 Å². The molecule has 0 radical (unpaired) electrons. The Morgan fingerprint density at radius 2 is 1.95 bits per heavy atom. The van der Waals surface area contributed by atoms with Crippen LogP contribution in [0.5, 0.6) is 0 Å². The molecule has 0 fully saturated rings. The van der Waals surface area contributed by atoms with Crippen LogP contribution in [0.15, 0.2) is 47.1 Å². The second-order valence-corrected chi connectivity index (χ2v) is 4.82. The molecule has 0 unspecified atom stereocenters. The van der Waals surface area contributed by atoms with Gasteiger partial charge in [0.2, 0.25) is 5.91 Å². The maximum atomic E-state index is 11.9. The molecule has 5 heteroatoms. The molecule has 1 aromatic carbocycles. The zero-order chi connectivity index (χ0) is 14.7. The van der Waals surface area contributed by atoms with E-state index in [0.29, 0.717) is 12.8 Å². The smallest absolute Gasteiger partial charge is 0.224 e. The minimum atomic E-state index is -0.0488. The molecule has 2 heterocycles. The largest absolute Gasteiger partial charge is 0.466 e. The van der Waals surface area contributed by atoms with Crippen molar-refractivity contribution in [3.05, 3.63) is 54.2 Å². The molecule has 0 aliphatic carbocycles. The minimum absolute atomic E-state index is 0.0488. The molecule has 106 valence electrons. The van der Waals surface area contributed by atoms with Crippen LogP contribution in [0.3, 0.4) is 0 Å². The van der Waals surface area contributed by atoms with Crippen molar-refractivity contribution in [1.82, 2.24) is 9.97 Å². The number of rotatable bonds is 4. The van der Waals surface area contributed by atoms with E-state index in [1.807, 2.05) is 37.3 Å². The first-order valence-corrected chi connectivity index (χ1v) is 6.77. The van der Waals surface area contributed by atoms with Crippen molar-refractivity contribution in [1.29, 1.82) is 0 Å². The monoisotopic (exact) mass is 281 g/mol. The third kappa shape index (κ3) is 3.25. The Bertz CT molecular complexity index is 780. The first-order chi connectivity index (χ1) is 10.2. The summed E-state index contributed by atoms with van der Waals surface area (Å²) in [6.45, 7) is 1.89. The number of nitrogens with one attached hydrogen (secondary N) is 1. The molecule has 0 bridgehead atoms. The number of furan rings is 1. The molecule has 0 spiro atoms. The van der Waals surface area contributed by atoms with Crippen LogP contribution in [0.1, 0.15) is 17.9 Å². The molecule has 0 atom stereocenters. The van der Waals surface area contributed by atoms with Gasteiger partial charge in [0.25, 0.3) is 0 Å². The second-order valence-electron chi connectivity index (χ2n) is 4.82. The molecule has 21 heavy (non-hydrogen) atoms. The van der Waals surface area contributed by atoms with Crippen molar-refractivity contribution < 1.29 is 9.21 Å². The number of fused-ring (bicyclic) bond motifs is 1. The average Bonchev–Trinajstić information content (AvgIpc) is 2.91. The SMILES string of the molecule is Cc1ccc(CCC(=O)Nc2ccc3nccnc3c2)o1. The van der Waals surface area contributed by atoms with Gasteiger partial charge < -0.3 is 9.73 Å². The number of nitrogens with zero attached hydrogens (tertiary/aromatic N) is 2. The van der Waals surface area contributed by atoms with Crippen LogP contribution >= 0.6 is 0 Å². The molecule has 5 nitrogen and oxygen atoms in total. The summed E-state index contributed by atoms with van der Waals surface area (Å²) in [5.41, 5.74) is 2.29. The fourth-order valence-corrected chi connectivity index (χ4v) is 2.12. The van der Waals surface area contributed by atoms with E-state index < -0.39 is 0 Å². The molecule has 0 saturated heterocycles. The topological polar surface area (TPSA) is 68.0 Å². The zero-order valence-electron chi connectivity index (χ0n) is 11.7. The second kappa shape index (κ2) is 5.75. The van der Waals surface area contributed by atoms with Gasteiger partial charge >= 0.3 is 0 Å². The van der Waals surface area contributed by atoms with Gasteiger partial charge in [-0.15, -0.1) is 0 Å². The summed E-state index contributed by atoms with van der Waals surface area (Å²) < 4.78 is 5.44. The highest BCUT2D eigenvalue weighted by Crippen LogP contribution is 2.16. The molecule has 0 aliphatic heterocycles. The van der Waals surface area contributed by atoms with E-state index in [1.54, 1.807) is 12.4 Å². The lowest BCUT2D eigenvalue weighted by atomic mass is 10.2. The Labute approximate surface area is 122 Å². The van der Waals surface area contributed by atoms with Crippen LogP contribution in [0.2, 0.25) is 0 Å². The number of carbonyl (C=O) groups excluding carboxylic acids is 1. The number of amides is 1. The summed E-state index contributed by atoms with van der Waals surface area (Å²) >= 11 is 0. The number of anilines is 1. The standard InChI is InChI=1S/C16H15N3O2/c1-11-2-4-13(21-11)5-7-16(20)19-12-3-6-14-15(10-12)18-9-8-17-14/h2-4,6,8-10H,5,7H2,1H3,(H,19,20). The fourth-order valence-electron chi connectivity index (χ4n) is 2.12. The maximum absolute atomic E-state index is 11.9. The molecule has 0 aliphatic rings. The molecule has 0 saturated carbocycles. The number of aromatic nitrogens is 2. The van der Waals surface area contributed by atoms with Gasteiger partial charge in [-0.25, -0.2) is 0 Å². The van der Waals surface area contributed by atoms with Crippen LogP contribution in [-0.2, 0) is 11.2 Å². The molecule has 1 N–H and O–H groups in total. The lowest BCUT2D eigenvalue weighted by Gasteiger charge is -2.05. The Morgan fingerprint density at radius 1 is 1.14 bits per heavy atom. The third-order valence-electron chi connectivity index (χ3n) is 3.15. The number of benzene rings is 1. The van der Waals surface area contributed by atoms with Gasteiger partial charge in [-0.1, -0.05) is 0 Å². The fraction of sp³-hybridized carbons (Fsp3) is 0.188. The van der Waals surface area contributed by atoms with Gasteiger partial charge in [-0.2, -0.15) is 0 Å². The Morgan fingerprint density at radius 3 is 2.71 bits per heavy atom. The van der Waals surface area contributed by atoms with E-state index in [0.717, 1.165) is 28.2 Å². The van der Waals surface area contributed by atoms with E-state index in [4.69, 9.17) is 4.42 Å². The van der Waals surface area contributed by atoms with Gasteiger partial charge in [0.05, 0.1) is 11.0 Å². The van der Waals surface area contributed by atoms with Gasteiger partial charge in [0.1, 0.15) is 11.5 Å². The highest BCUT2D eigenvalue weighted by atomic mass is 16.3. The van der Waals surface area contributed by atoms with Crippen LogP contribution in [0, 0.1) is 6.92 Å². The van der Waals surface area contributed by atoms with Crippen molar-refractivity contribution in [2.24, 2.45) is 0 Å². The van der Waals surface area contributed by atoms with E-state index in [-0.39, 0.29) is 5.91 Å². The summed E-state index contributed by atoms with van der Waals surface area (Å²) in [4.78, 5) is 20.3. The van der Waals surface area contributed by atoms with Gasteiger partial charge in [0.15, 0.2) is 0 Å². The van der Waals surface area contributed by atoms with Crippen molar-refractivity contribution in [2.45, 2.75) is 19.8 Å². The predicted octanol–water partition coefficient (Wildman–Crippen LogP) is 3.10. The predicted molar refractivity (Wildman–Crippen MR) is 79.9 cm³/mol. The molecular weight excluding hydrogens is 266 g/mol. The number of carbonyl (C=O) groups is 1. The summed E-state index contributed by atoms with van der Waals surface area (Å²) in [5.74, 6) is 1.64. The minimum Gasteiger partial charge on any atom is -0.466 e. The quantitative estimate of drug-likeness (QED) is 0.798. The molecule has 3 rings (SSSR count). The van der Waals surface area contributed by atoms with E-state index in [2.05, 4.69) is 15.3 Å². The van der Waals surface area contributed by atoms with Crippen molar-refractivity contribution in [3.63, 3.8) is 0 Å². The summed E-state index contributed by atoms with van der Waals surface area (Å²) in [7, 11) is 0. The Hall–Kier alpha value is -2.69. The van der Waals surface area contributed by atoms with E-state index in [1.165, 1.54) is 0 Å². The summed E-state index contributed by atoms with van der Waals surface area (Å²) in [6.07, 6.45) is 4.25. The third-order valence-corrected chi connectivity index (χ3v) is 3.15. The molecule has 2 aromatic heterocycles. The Kier molecular flexibility index (Phi) is 3.64. The van der Waals surface area contributed by atoms with E-state index in [9.17, 15) is 4.79 Å². The summed E-state index contributed by atoms with van der Waals surface area (Å²) in [5, 5.41) is 2.86. The van der Waals surface area contributed by atoms with Gasteiger partial charge in [0, 0.05) is 30.9 Å². The van der Waals surface area contributed by atoms with Crippen molar-refractivity contribution >= 4 is 22.6 Å². The maximum Gasteiger partial charge on any atom is 0.224 e. The van der Waals surface area contributed by atoms with Crippen LogP contribution in [0.4, 0.5) is 5.69 Å². The zero-order valence-corrected chi connectivity index (χ0v) is 11.7. The number of hydrogen-bond acceptors (Lipinski definition) is 4. The van der Waals surface area contributed by atoms with Crippen LogP contribution in [0.25, 0.3) is 11.0 Å². The first kappa shape index (κ1) is 13.3. The van der Waals surface area contributed by atoms with Crippen molar-refractivity contribution in [2.75, 3.05) is 5.32 Å². The lowest BCUT2D eigenvalue weighted by Crippen LogP contribution is -2.12. The summed E-state index contributed by atoms with van der Waals surface area (Å²) in [6, 6.07) is 9.28. The molecule has 1 amide bonds.